The van der Waals surface area contributed by atoms with Gasteiger partial charge in [0.15, 0.2) is 6.10 Å². The van der Waals surface area contributed by atoms with Crippen LogP contribution in [-0.4, -0.2) is 35.3 Å². The van der Waals surface area contributed by atoms with E-state index in [2.05, 4.69) is 10.6 Å². The lowest BCUT2D eigenvalue weighted by atomic mass is 10.1. The highest BCUT2D eigenvalue weighted by atomic mass is 32.2. The van der Waals surface area contributed by atoms with Gasteiger partial charge in [-0.15, -0.1) is 11.8 Å². The molecule has 24 heavy (non-hydrogen) atoms. The van der Waals surface area contributed by atoms with Gasteiger partial charge in [-0.3, -0.25) is 10.1 Å². The van der Waals surface area contributed by atoms with Crippen molar-refractivity contribution in [3.8, 4) is 0 Å². The van der Waals surface area contributed by atoms with Crippen LogP contribution < -0.4 is 10.6 Å². The van der Waals surface area contributed by atoms with E-state index in [9.17, 15) is 14.4 Å². The zero-order valence-corrected chi connectivity index (χ0v) is 15.5. The molecule has 0 aliphatic rings. The fourth-order valence-electron chi connectivity index (χ4n) is 1.78. The maximum absolute atomic E-state index is 12.3. The zero-order valence-electron chi connectivity index (χ0n) is 14.6. The van der Waals surface area contributed by atoms with Crippen LogP contribution in [0.5, 0.6) is 0 Å². The van der Waals surface area contributed by atoms with Gasteiger partial charge in [0, 0.05) is 10.4 Å². The van der Waals surface area contributed by atoms with Crippen molar-refractivity contribution in [2.75, 3.05) is 5.75 Å². The fourth-order valence-corrected chi connectivity index (χ4v) is 2.57. The van der Waals surface area contributed by atoms with Crippen molar-refractivity contribution in [3.05, 3.63) is 29.8 Å². The average molecular weight is 352 g/mol. The number of hydrogen-bond donors (Lipinski definition) is 2. The van der Waals surface area contributed by atoms with Crippen LogP contribution in [0.3, 0.4) is 0 Å². The Hall–Kier alpha value is -2.02. The van der Waals surface area contributed by atoms with E-state index >= 15 is 0 Å². The number of ether oxygens (including phenoxy) is 1. The first-order valence-electron chi connectivity index (χ1n) is 7.70. The highest BCUT2D eigenvalue weighted by Crippen LogP contribution is 2.23. The lowest BCUT2D eigenvalue weighted by Gasteiger charge is -2.21. The topological polar surface area (TPSA) is 84.5 Å². The normalized spacial score (nSPS) is 12.2. The van der Waals surface area contributed by atoms with Crippen molar-refractivity contribution in [1.82, 2.24) is 10.6 Å². The molecule has 7 heteroatoms. The third-order valence-corrected chi connectivity index (χ3v) is 3.74. The van der Waals surface area contributed by atoms with Gasteiger partial charge >= 0.3 is 12.0 Å². The van der Waals surface area contributed by atoms with Crippen LogP contribution in [0.4, 0.5) is 4.79 Å². The molecule has 6 nitrogen and oxygen atoms in total. The van der Waals surface area contributed by atoms with Crippen molar-refractivity contribution in [2.45, 2.75) is 51.2 Å². The van der Waals surface area contributed by atoms with E-state index < -0.39 is 29.6 Å². The average Bonchev–Trinajstić information content (AvgIpc) is 2.45. The third kappa shape index (κ3) is 6.62. The van der Waals surface area contributed by atoms with Crippen LogP contribution in [-0.2, 0) is 9.53 Å². The Bertz CT molecular complexity index is 611. The number of imide groups is 1. The third-order valence-electron chi connectivity index (χ3n) is 2.79. The number of nitrogens with one attached hydrogen (secondary N) is 2. The molecular formula is C17H24N2O4S. The van der Waals surface area contributed by atoms with E-state index in [0.29, 0.717) is 5.56 Å². The largest absolute Gasteiger partial charge is 0.449 e. The molecule has 0 saturated heterocycles. The van der Waals surface area contributed by atoms with Gasteiger partial charge in [-0.05, 0) is 45.6 Å². The molecule has 0 aliphatic heterocycles. The number of hydrogen-bond acceptors (Lipinski definition) is 5. The van der Waals surface area contributed by atoms with E-state index in [4.69, 9.17) is 4.74 Å². The first-order valence-corrected chi connectivity index (χ1v) is 8.68. The van der Waals surface area contributed by atoms with Crippen molar-refractivity contribution in [1.29, 1.82) is 0 Å². The number of carbonyl (C=O) groups excluding carboxylic acids is 3. The van der Waals surface area contributed by atoms with Crippen molar-refractivity contribution >= 4 is 29.7 Å². The minimum Gasteiger partial charge on any atom is -0.449 e. The SMILES string of the molecule is CCSc1ccccc1C(=O)O[C@@H](C)C(=O)NC(=O)NC(C)(C)C. The van der Waals surface area contributed by atoms with Crippen molar-refractivity contribution in [2.24, 2.45) is 0 Å². The molecule has 0 spiro atoms. The molecule has 0 saturated carbocycles. The Labute approximate surface area is 146 Å². The van der Waals surface area contributed by atoms with Gasteiger partial charge < -0.3 is 10.1 Å². The predicted octanol–water partition coefficient (Wildman–Crippen LogP) is 2.97. The molecule has 1 aromatic rings. The van der Waals surface area contributed by atoms with Crippen LogP contribution in [0.2, 0.25) is 0 Å². The Balaban J connectivity index is 2.67. The summed E-state index contributed by atoms with van der Waals surface area (Å²) >= 11 is 1.52. The molecule has 0 fully saturated rings. The monoisotopic (exact) mass is 352 g/mol. The summed E-state index contributed by atoms with van der Waals surface area (Å²) in [5.74, 6) is -0.455. The number of thioether (sulfide) groups is 1. The summed E-state index contributed by atoms with van der Waals surface area (Å²) in [6.45, 7) is 8.79. The Morgan fingerprint density at radius 3 is 2.42 bits per heavy atom. The lowest BCUT2D eigenvalue weighted by molar-refractivity contribution is -0.127. The second kappa shape index (κ2) is 8.73. The molecule has 132 valence electrons. The van der Waals surface area contributed by atoms with Gasteiger partial charge in [-0.1, -0.05) is 19.1 Å². The van der Waals surface area contributed by atoms with Crippen molar-refractivity contribution < 1.29 is 19.1 Å². The second-order valence-electron chi connectivity index (χ2n) is 6.17. The number of carbonyl (C=O) groups is 3. The number of urea groups is 1. The molecule has 3 amide bonds. The van der Waals surface area contributed by atoms with E-state index in [0.717, 1.165) is 10.6 Å². The molecule has 0 bridgehead atoms. The number of esters is 1. The van der Waals surface area contributed by atoms with Gasteiger partial charge in [0.05, 0.1) is 5.56 Å². The minimum absolute atomic E-state index is 0.406. The van der Waals surface area contributed by atoms with Gasteiger partial charge in [0.25, 0.3) is 5.91 Å². The smallest absolute Gasteiger partial charge is 0.340 e. The molecule has 0 aromatic heterocycles. The maximum Gasteiger partial charge on any atom is 0.340 e. The molecule has 0 aliphatic carbocycles. The summed E-state index contributed by atoms with van der Waals surface area (Å²) in [5.41, 5.74) is -0.0659. The fraction of sp³-hybridized carbons (Fsp3) is 0.471. The predicted molar refractivity (Wildman–Crippen MR) is 94.1 cm³/mol. The van der Waals surface area contributed by atoms with Gasteiger partial charge in [-0.2, -0.15) is 0 Å². The lowest BCUT2D eigenvalue weighted by Crippen LogP contribution is -2.50. The molecule has 1 aromatic carbocycles. The van der Waals surface area contributed by atoms with E-state index in [1.165, 1.54) is 18.7 Å². The Morgan fingerprint density at radius 2 is 1.83 bits per heavy atom. The summed E-state index contributed by atoms with van der Waals surface area (Å²) in [6, 6.07) is 6.42. The highest BCUT2D eigenvalue weighted by molar-refractivity contribution is 7.99. The van der Waals surface area contributed by atoms with Crippen molar-refractivity contribution in [3.63, 3.8) is 0 Å². The quantitative estimate of drug-likeness (QED) is 0.629. The van der Waals surface area contributed by atoms with Crippen LogP contribution in [0, 0.1) is 0 Å². The molecule has 1 atom stereocenters. The highest BCUT2D eigenvalue weighted by Gasteiger charge is 2.23. The minimum atomic E-state index is -1.08. The molecule has 1 rings (SSSR count). The number of benzene rings is 1. The maximum atomic E-state index is 12.3. The van der Waals surface area contributed by atoms with Crippen LogP contribution >= 0.6 is 11.8 Å². The molecular weight excluding hydrogens is 328 g/mol. The molecule has 0 radical (unpaired) electrons. The Morgan fingerprint density at radius 1 is 1.21 bits per heavy atom. The second-order valence-corrected chi connectivity index (χ2v) is 7.48. The van der Waals surface area contributed by atoms with E-state index in [-0.39, 0.29) is 0 Å². The molecule has 0 heterocycles. The summed E-state index contributed by atoms with van der Waals surface area (Å²) in [6.07, 6.45) is -1.08. The summed E-state index contributed by atoms with van der Waals surface area (Å²) in [4.78, 5) is 36.7. The number of amides is 3. The van der Waals surface area contributed by atoms with Crippen LogP contribution in [0.25, 0.3) is 0 Å². The number of rotatable bonds is 5. The van der Waals surface area contributed by atoms with E-state index in [1.807, 2.05) is 19.1 Å². The van der Waals surface area contributed by atoms with Gasteiger partial charge in [-0.25, -0.2) is 9.59 Å². The summed E-state index contributed by atoms with van der Waals surface area (Å²) in [7, 11) is 0. The van der Waals surface area contributed by atoms with Gasteiger partial charge in [0.2, 0.25) is 0 Å². The van der Waals surface area contributed by atoms with Crippen LogP contribution in [0.1, 0.15) is 45.0 Å². The summed E-state index contributed by atoms with van der Waals surface area (Å²) in [5, 5.41) is 4.76. The molecule has 2 N–H and O–H groups in total. The Kier molecular flexibility index (Phi) is 7.28. The molecule has 0 unspecified atom stereocenters. The standard InChI is InChI=1S/C17H24N2O4S/c1-6-24-13-10-8-7-9-12(13)15(21)23-11(2)14(20)18-16(22)19-17(3,4)5/h7-11H,6H2,1-5H3,(H2,18,19,20,22)/t11-/m0/s1. The first kappa shape index (κ1) is 20.0. The zero-order chi connectivity index (χ0) is 18.3. The van der Waals surface area contributed by atoms with Crippen LogP contribution in [0.15, 0.2) is 29.2 Å². The van der Waals surface area contributed by atoms with Gasteiger partial charge in [0.1, 0.15) is 0 Å². The van der Waals surface area contributed by atoms with E-state index in [1.54, 1.807) is 32.9 Å². The first-order chi connectivity index (χ1) is 11.1. The summed E-state index contributed by atoms with van der Waals surface area (Å²) < 4.78 is 5.17.